The number of aliphatic hydroxyl groups excluding tert-OH is 1. The van der Waals surface area contributed by atoms with Crippen LogP contribution in [-0.4, -0.2) is 29.4 Å². The van der Waals surface area contributed by atoms with Gasteiger partial charge in [-0.05, 0) is 54.2 Å². The van der Waals surface area contributed by atoms with Crippen molar-refractivity contribution < 1.29 is 14.2 Å². The first-order valence-electron chi connectivity index (χ1n) is 18.2. The molecule has 48 heavy (non-hydrogen) atoms. The monoisotopic (exact) mass is 659 g/mol. The summed E-state index contributed by atoms with van der Waals surface area (Å²) in [6, 6.07) is 13.3. The Morgan fingerprint density at radius 2 is 1.62 bits per heavy atom. The molecule has 0 spiro atoms. The predicted molar refractivity (Wildman–Crippen MR) is 203 cm³/mol. The van der Waals surface area contributed by atoms with Crippen molar-refractivity contribution in [3.8, 4) is 17.2 Å². The van der Waals surface area contributed by atoms with Crippen molar-refractivity contribution in [2.45, 2.75) is 112 Å². The third-order valence-electron chi connectivity index (χ3n) is 8.94. The number of hydrogen-bond donors (Lipinski definition) is 3. The lowest BCUT2D eigenvalue weighted by Gasteiger charge is -2.26. The van der Waals surface area contributed by atoms with Crippen LogP contribution in [0.25, 0.3) is 33.1 Å². The van der Waals surface area contributed by atoms with Crippen LogP contribution in [0.2, 0.25) is 0 Å². The molecule has 1 aliphatic heterocycles. The molecule has 0 fully saturated rings. The maximum Gasteiger partial charge on any atom is 0.198 e. The molecule has 0 saturated heterocycles. The molecular weight excluding hydrogens is 601 g/mol. The normalized spacial score (nSPS) is 12.5. The van der Waals surface area contributed by atoms with Gasteiger partial charge in [0.25, 0.3) is 0 Å². The standard InChI is InChI=1S/C32H36FN3O2.C7H16O.C2H6/c1-5-6-11-20(2)12-9-10-15-35-21(3)25-19-36-27-16-22-13-7-8-14-23(22)17-28(27)38-32-29(34-4)26(33)18-24(30(32)36)31(25)37;1-3-5-6-7(8)4-2;1-2/h7-8,13-14,16-20,34-35H,3,5-6,9-12,15H2,1-2,4H3;7-8H,3-6H2,1-2H3;1-2H3. The highest BCUT2D eigenvalue weighted by Crippen LogP contribution is 2.46. The molecule has 7 heteroatoms. The summed E-state index contributed by atoms with van der Waals surface area (Å²) in [5.74, 6) is 1.12. The molecule has 1 aliphatic rings. The molecule has 2 unspecified atom stereocenters. The minimum absolute atomic E-state index is 0.0463. The maximum atomic E-state index is 15.2. The van der Waals surface area contributed by atoms with Gasteiger partial charge in [0.2, 0.25) is 0 Å². The molecule has 4 aromatic rings. The summed E-state index contributed by atoms with van der Waals surface area (Å²) in [7, 11) is 1.65. The lowest BCUT2D eigenvalue weighted by molar-refractivity contribution is 0.157. The number of aliphatic hydroxyl groups is 1. The van der Waals surface area contributed by atoms with Crippen LogP contribution in [0.1, 0.15) is 111 Å². The van der Waals surface area contributed by atoms with E-state index in [2.05, 4.69) is 38.0 Å². The third kappa shape index (κ3) is 9.40. The second-order valence-corrected chi connectivity index (χ2v) is 12.6. The first-order valence-corrected chi connectivity index (χ1v) is 18.2. The van der Waals surface area contributed by atoms with Gasteiger partial charge in [-0.3, -0.25) is 4.79 Å². The number of nitrogens with zero attached hydrogens (tertiary/aromatic N) is 1. The van der Waals surface area contributed by atoms with Gasteiger partial charge in [0.1, 0.15) is 11.2 Å². The Labute approximate surface area is 287 Å². The van der Waals surface area contributed by atoms with Gasteiger partial charge in [-0.15, -0.1) is 0 Å². The van der Waals surface area contributed by atoms with E-state index in [9.17, 15) is 4.79 Å². The van der Waals surface area contributed by atoms with Crippen LogP contribution in [-0.2, 0) is 0 Å². The Kier molecular flexibility index (Phi) is 15.5. The van der Waals surface area contributed by atoms with Gasteiger partial charge in [0.05, 0.1) is 22.7 Å². The van der Waals surface area contributed by atoms with Crippen LogP contribution in [0.4, 0.5) is 10.1 Å². The number of aromatic nitrogens is 1. The van der Waals surface area contributed by atoms with Crippen LogP contribution in [0.3, 0.4) is 0 Å². The second-order valence-electron chi connectivity index (χ2n) is 12.6. The van der Waals surface area contributed by atoms with Gasteiger partial charge < -0.3 is 25.0 Å². The van der Waals surface area contributed by atoms with Gasteiger partial charge in [0.15, 0.2) is 22.7 Å². The number of pyridine rings is 1. The molecule has 1 aromatic heterocycles. The first-order chi connectivity index (χ1) is 23.2. The molecule has 2 atom stereocenters. The fourth-order valence-corrected chi connectivity index (χ4v) is 6.04. The van der Waals surface area contributed by atoms with E-state index in [0.717, 1.165) is 61.0 Å². The second kappa shape index (κ2) is 19.2. The zero-order valence-electron chi connectivity index (χ0n) is 30.3. The predicted octanol–water partition coefficient (Wildman–Crippen LogP) is 11.0. The molecule has 6 nitrogen and oxygen atoms in total. The van der Waals surface area contributed by atoms with Crippen molar-refractivity contribution in [2.24, 2.45) is 5.92 Å². The van der Waals surface area contributed by atoms with Crippen LogP contribution >= 0.6 is 0 Å². The number of hydrogen-bond acceptors (Lipinski definition) is 5. The fraction of sp³-hybridized carbons (Fsp3) is 0.488. The minimum Gasteiger partial charge on any atom is -0.451 e. The molecule has 0 amide bonds. The van der Waals surface area contributed by atoms with E-state index in [-0.39, 0.29) is 22.6 Å². The highest BCUT2D eigenvalue weighted by atomic mass is 19.1. The average Bonchev–Trinajstić information content (AvgIpc) is 3.10. The molecule has 3 aromatic carbocycles. The quantitative estimate of drug-likeness (QED) is 0.0975. The number of unbranched alkanes of at least 4 members (excludes halogenated alkanes) is 3. The summed E-state index contributed by atoms with van der Waals surface area (Å²) in [4.78, 5) is 13.6. The highest BCUT2D eigenvalue weighted by molar-refractivity contribution is 5.97. The van der Waals surface area contributed by atoms with E-state index in [0.29, 0.717) is 28.3 Å². The number of ether oxygens (including phenoxy) is 1. The minimum atomic E-state index is -0.532. The van der Waals surface area contributed by atoms with Crippen molar-refractivity contribution in [1.82, 2.24) is 9.88 Å². The molecule has 2 heterocycles. The van der Waals surface area contributed by atoms with Crippen LogP contribution in [0.15, 0.2) is 60.0 Å². The molecule has 0 aliphatic carbocycles. The third-order valence-corrected chi connectivity index (χ3v) is 8.94. The Hall–Kier alpha value is -3.84. The van der Waals surface area contributed by atoms with Crippen LogP contribution in [0.5, 0.6) is 11.5 Å². The van der Waals surface area contributed by atoms with E-state index in [4.69, 9.17) is 9.84 Å². The van der Waals surface area contributed by atoms with E-state index in [1.807, 2.05) is 67.9 Å². The maximum absolute atomic E-state index is 15.2. The molecule has 3 N–H and O–H groups in total. The molecule has 0 saturated carbocycles. The van der Waals surface area contributed by atoms with Gasteiger partial charge in [0, 0.05) is 25.5 Å². The van der Waals surface area contributed by atoms with Crippen molar-refractivity contribution in [1.29, 1.82) is 0 Å². The van der Waals surface area contributed by atoms with Crippen molar-refractivity contribution in [2.75, 3.05) is 18.9 Å². The first kappa shape index (κ1) is 38.6. The zero-order chi connectivity index (χ0) is 35.2. The summed E-state index contributed by atoms with van der Waals surface area (Å²) >= 11 is 0. The number of nitrogens with one attached hydrogen (secondary N) is 2. The van der Waals surface area contributed by atoms with E-state index >= 15 is 4.39 Å². The lowest BCUT2D eigenvalue weighted by Crippen LogP contribution is -2.22. The van der Waals surface area contributed by atoms with Gasteiger partial charge in [-0.1, -0.05) is 117 Å². The molecule has 0 bridgehead atoms. The number of anilines is 1. The Bertz CT molecular complexity index is 1700. The molecule has 0 radical (unpaired) electrons. The van der Waals surface area contributed by atoms with Gasteiger partial charge >= 0.3 is 0 Å². The number of halogens is 1. The molecule has 262 valence electrons. The fourth-order valence-electron chi connectivity index (χ4n) is 6.04. The average molecular weight is 660 g/mol. The highest BCUT2D eigenvalue weighted by Gasteiger charge is 2.27. The SMILES string of the molecule is C=C(NCCCCC(C)CCCC)c1cn2c3c(c(NC)c(F)cc3c1=O)Oc1cc3ccccc3cc1-2.CC.CCCCC(O)CC. The van der Waals surface area contributed by atoms with Crippen LogP contribution in [0, 0.1) is 11.7 Å². The molecular formula is C41H58FN3O3. The smallest absolute Gasteiger partial charge is 0.198 e. The Balaban J connectivity index is 0.000000550. The Morgan fingerprint density at radius 1 is 0.979 bits per heavy atom. The number of fused-ring (bicyclic) bond motifs is 3. The van der Waals surface area contributed by atoms with Gasteiger partial charge in [-0.2, -0.15) is 0 Å². The zero-order valence-corrected chi connectivity index (χ0v) is 30.3. The topological polar surface area (TPSA) is 75.5 Å². The summed E-state index contributed by atoms with van der Waals surface area (Å²) in [5, 5.41) is 17.6. The van der Waals surface area contributed by atoms with E-state index in [1.54, 1.807) is 7.05 Å². The Morgan fingerprint density at radius 3 is 2.27 bits per heavy atom. The molecule has 5 rings (SSSR count). The lowest BCUT2D eigenvalue weighted by atomic mass is 9.98. The summed E-state index contributed by atoms with van der Waals surface area (Å²) in [6.45, 7) is 17.6. The van der Waals surface area contributed by atoms with Crippen LogP contribution < -0.4 is 20.8 Å². The number of benzene rings is 3. The summed E-state index contributed by atoms with van der Waals surface area (Å²) < 4.78 is 23.4. The van der Waals surface area contributed by atoms with E-state index in [1.165, 1.54) is 38.2 Å². The van der Waals surface area contributed by atoms with Crippen molar-refractivity contribution in [3.05, 3.63) is 76.8 Å². The summed E-state index contributed by atoms with van der Waals surface area (Å²) in [5.41, 5.74) is 2.27. The largest absolute Gasteiger partial charge is 0.451 e. The number of rotatable bonds is 15. The summed E-state index contributed by atoms with van der Waals surface area (Å²) in [6.07, 6.45) is 13.1. The van der Waals surface area contributed by atoms with Gasteiger partial charge in [-0.25, -0.2) is 4.39 Å². The van der Waals surface area contributed by atoms with Crippen molar-refractivity contribution >= 4 is 33.1 Å². The van der Waals surface area contributed by atoms with E-state index < -0.39 is 5.82 Å². The van der Waals surface area contributed by atoms with Crippen molar-refractivity contribution in [3.63, 3.8) is 0 Å².